The Morgan fingerprint density at radius 1 is 0.897 bits per heavy atom. The summed E-state index contributed by atoms with van der Waals surface area (Å²) in [5.41, 5.74) is 1.88. The molecule has 29 heavy (non-hydrogen) atoms. The lowest BCUT2D eigenvalue weighted by Gasteiger charge is -2.34. The van der Waals surface area contributed by atoms with E-state index in [0.29, 0.717) is 42.6 Å². The van der Waals surface area contributed by atoms with E-state index in [0.717, 1.165) is 10.9 Å². The van der Waals surface area contributed by atoms with Gasteiger partial charge in [-0.05, 0) is 30.3 Å². The van der Waals surface area contributed by atoms with Crippen molar-refractivity contribution in [2.24, 2.45) is 0 Å². The molecule has 1 aromatic heterocycles. The van der Waals surface area contributed by atoms with Crippen LogP contribution in [0.4, 0.5) is 5.69 Å². The molecule has 2 aromatic carbocycles. The molecule has 148 valence electrons. The van der Waals surface area contributed by atoms with Crippen LogP contribution in [0.3, 0.4) is 0 Å². The Balaban J connectivity index is 1.35. The largest absolute Gasteiger partial charge is 0.351 e. The summed E-state index contributed by atoms with van der Waals surface area (Å²) in [5.74, 6) is -1.46. The van der Waals surface area contributed by atoms with Gasteiger partial charge in [-0.1, -0.05) is 35.9 Å². The number of nitrogens with one attached hydrogen (secondary N) is 2. The first-order chi connectivity index (χ1) is 14.0. The van der Waals surface area contributed by atoms with E-state index in [1.807, 2.05) is 30.3 Å². The van der Waals surface area contributed by atoms with Gasteiger partial charge in [-0.15, -0.1) is 0 Å². The SMILES string of the molecule is O=C(Nc1cccc(Cl)c1)C(=O)N1CCN(C(=O)c2cc3ccccc3[nH]2)CC1. The summed E-state index contributed by atoms with van der Waals surface area (Å²) < 4.78 is 0. The van der Waals surface area contributed by atoms with Crippen LogP contribution in [0.2, 0.25) is 5.02 Å². The van der Waals surface area contributed by atoms with Gasteiger partial charge in [0.05, 0.1) is 0 Å². The highest BCUT2D eigenvalue weighted by Gasteiger charge is 2.28. The van der Waals surface area contributed by atoms with Gasteiger partial charge in [0.25, 0.3) is 5.91 Å². The van der Waals surface area contributed by atoms with E-state index < -0.39 is 11.8 Å². The highest BCUT2D eigenvalue weighted by molar-refractivity contribution is 6.39. The van der Waals surface area contributed by atoms with Crippen molar-refractivity contribution < 1.29 is 14.4 Å². The highest BCUT2D eigenvalue weighted by Crippen LogP contribution is 2.18. The van der Waals surface area contributed by atoms with Gasteiger partial charge in [-0.2, -0.15) is 0 Å². The van der Waals surface area contributed by atoms with Crippen molar-refractivity contribution in [2.75, 3.05) is 31.5 Å². The molecule has 4 rings (SSSR count). The number of carbonyl (C=O) groups excluding carboxylic acids is 3. The third-order valence-electron chi connectivity index (χ3n) is 4.89. The molecule has 0 bridgehead atoms. The number of anilines is 1. The lowest BCUT2D eigenvalue weighted by atomic mass is 10.2. The zero-order valence-corrected chi connectivity index (χ0v) is 16.3. The lowest BCUT2D eigenvalue weighted by Crippen LogP contribution is -2.53. The summed E-state index contributed by atoms with van der Waals surface area (Å²) in [5, 5.41) is 4.00. The van der Waals surface area contributed by atoms with Gasteiger partial charge in [-0.25, -0.2) is 0 Å². The van der Waals surface area contributed by atoms with Crippen molar-refractivity contribution in [3.63, 3.8) is 0 Å². The number of fused-ring (bicyclic) bond motifs is 1. The number of benzene rings is 2. The summed E-state index contributed by atoms with van der Waals surface area (Å²) in [6.45, 7) is 1.33. The van der Waals surface area contributed by atoms with Gasteiger partial charge in [-0.3, -0.25) is 14.4 Å². The number of para-hydroxylation sites is 1. The van der Waals surface area contributed by atoms with Crippen LogP contribution in [0, 0.1) is 0 Å². The molecule has 8 heteroatoms. The van der Waals surface area contributed by atoms with Crippen LogP contribution in [-0.2, 0) is 9.59 Å². The number of halogens is 1. The average molecular weight is 411 g/mol. The summed E-state index contributed by atoms with van der Waals surface area (Å²) in [6.07, 6.45) is 0. The molecule has 0 aliphatic carbocycles. The number of hydrogen-bond donors (Lipinski definition) is 2. The summed E-state index contributed by atoms with van der Waals surface area (Å²) in [7, 11) is 0. The number of amides is 3. The second-order valence-electron chi connectivity index (χ2n) is 6.82. The molecule has 1 fully saturated rings. The van der Waals surface area contributed by atoms with Crippen LogP contribution >= 0.6 is 11.6 Å². The van der Waals surface area contributed by atoms with Gasteiger partial charge < -0.3 is 20.1 Å². The molecule has 2 heterocycles. The topological polar surface area (TPSA) is 85.5 Å². The van der Waals surface area contributed by atoms with Crippen molar-refractivity contribution in [3.8, 4) is 0 Å². The van der Waals surface area contributed by atoms with Crippen molar-refractivity contribution >= 4 is 45.9 Å². The molecule has 1 aliphatic heterocycles. The maximum absolute atomic E-state index is 12.8. The smallest absolute Gasteiger partial charge is 0.313 e. The van der Waals surface area contributed by atoms with Crippen LogP contribution in [0.25, 0.3) is 10.9 Å². The molecular weight excluding hydrogens is 392 g/mol. The highest BCUT2D eigenvalue weighted by atomic mass is 35.5. The molecule has 1 aliphatic rings. The van der Waals surface area contributed by atoms with Gasteiger partial charge in [0.15, 0.2) is 0 Å². The standard InChI is InChI=1S/C21H19ClN4O3/c22-15-5-3-6-16(13-15)23-19(27)21(29)26-10-8-25(9-11-26)20(28)18-12-14-4-1-2-7-17(14)24-18/h1-7,12-13,24H,8-11H2,(H,23,27). The Kier molecular flexibility index (Phi) is 5.22. The maximum atomic E-state index is 12.8. The third kappa shape index (κ3) is 4.09. The fourth-order valence-corrected chi connectivity index (χ4v) is 3.56. The quantitative estimate of drug-likeness (QED) is 0.637. The molecule has 0 radical (unpaired) electrons. The Bertz CT molecular complexity index is 1050. The summed E-state index contributed by atoms with van der Waals surface area (Å²) in [4.78, 5) is 43.7. The van der Waals surface area contributed by atoms with Gasteiger partial charge >= 0.3 is 11.8 Å². The minimum Gasteiger partial charge on any atom is -0.351 e. The minimum absolute atomic E-state index is 0.114. The maximum Gasteiger partial charge on any atom is 0.313 e. The van der Waals surface area contributed by atoms with Gasteiger partial charge in [0.2, 0.25) is 0 Å². The second kappa shape index (κ2) is 7.97. The molecule has 1 saturated heterocycles. The minimum atomic E-state index is -0.720. The predicted molar refractivity (Wildman–Crippen MR) is 111 cm³/mol. The van der Waals surface area contributed by atoms with Gasteiger partial charge in [0, 0.05) is 47.8 Å². The summed E-state index contributed by atoms with van der Waals surface area (Å²) >= 11 is 5.89. The van der Waals surface area contributed by atoms with Crippen LogP contribution < -0.4 is 5.32 Å². The first-order valence-corrected chi connectivity index (χ1v) is 9.62. The number of H-pyrrole nitrogens is 1. The molecule has 0 saturated carbocycles. The van der Waals surface area contributed by atoms with Crippen molar-refractivity contribution in [2.45, 2.75) is 0 Å². The zero-order chi connectivity index (χ0) is 20.4. The molecular formula is C21H19ClN4O3. The molecule has 3 aromatic rings. The van der Waals surface area contributed by atoms with Crippen LogP contribution in [0.1, 0.15) is 10.5 Å². The number of hydrogen-bond acceptors (Lipinski definition) is 3. The summed E-state index contributed by atoms with van der Waals surface area (Å²) in [6, 6.07) is 16.1. The molecule has 2 N–H and O–H groups in total. The van der Waals surface area contributed by atoms with Crippen molar-refractivity contribution in [1.29, 1.82) is 0 Å². The zero-order valence-electron chi connectivity index (χ0n) is 15.5. The first-order valence-electron chi connectivity index (χ1n) is 9.24. The van der Waals surface area contributed by atoms with E-state index >= 15 is 0 Å². The van der Waals surface area contributed by atoms with Crippen LogP contribution in [0.15, 0.2) is 54.6 Å². The van der Waals surface area contributed by atoms with Crippen molar-refractivity contribution in [3.05, 3.63) is 65.3 Å². The fourth-order valence-electron chi connectivity index (χ4n) is 3.37. The second-order valence-corrected chi connectivity index (χ2v) is 7.26. The molecule has 0 atom stereocenters. The third-order valence-corrected chi connectivity index (χ3v) is 5.13. The normalized spacial score (nSPS) is 14.1. The van der Waals surface area contributed by atoms with Crippen LogP contribution in [-0.4, -0.2) is 58.7 Å². The number of aromatic nitrogens is 1. The van der Waals surface area contributed by atoms with E-state index in [1.54, 1.807) is 29.2 Å². The molecule has 3 amide bonds. The number of aromatic amines is 1. The Hall–Kier alpha value is -3.32. The van der Waals surface area contributed by atoms with E-state index in [2.05, 4.69) is 10.3 Å². The average Bonchev–Trinajstić information content (AvgIpc) is 3.17. The first kappa shape index (κ1) is 19.0. The van der Waals surface area contributed by atoms with E-state index in [9.17, 15) is 14.4 Å². The fraction of sp³-hybridized carbons (Fsp3) is 0.190. The number of rotatable bonds is 2. The van der Waals surface area contributed by atoms with Gasteiger partial charge in [0.1, 0.15) is 5.69 Å². The lowest BCUT2D eigenvalue weighted by molar-refractivity contribution is -0.144. The Morgan fingerprint density at radius 2 is 1.62 bits per heavy atom. The Labute approximate surface area is 172 Å². The molecule has 0 spiro atoms. The Morgan fingerprint density at radius 3 is 2.34 bits per heavy atom. The number of piperazine rings is 1. The number of carbonyl (C=O) groups is 3. The van der Waals surface area contributed by atoms with E-state index in [1.165, 1.54) is 4.90 Å². The monoisotopic (exact) mass is 410 g/mol. The van der Waals surface area contributed by atoms with E-state index in [4.69, 9.17) is 11.6 Å². The molecule has 7 nitrogen and oxygen atoms in total. The van der Waals surface area contributed by atoms with E-state index in [-0.39, 0.29) is 5.91 Å². The molecule has 0 unspecified atom stereocenters. The number of nitrogens with zero attached hydrogens (tertiary/aromatic N) is 2. The predicted octanol–water partition coefficient (Wildman–Crippen LogP) is 2.74. The van der Waals surface area contributed by atoms with Crippen molar-refractivity contribution in [1.82, 2.24) is 14.8 Å². The van der Waals surface area contributed by atoms with Crippen LogP contribution in [0.5, 0.6) is 0 Å².